The van der Waals surface area contributed by atoms with Crippen LogP contribution in [0.5, 0.6) is 0 Å². The van der Waals surface area contributed by atoms with Crippen molar-refractivity contribution in [1.29, 1.82) is 0 Å². The Hall–Kier alpha value is -2.45. The number of nitrogens with zero attached hydrogens (tertiary/aromatic N) is 2. The zero-order valence-electron chi connectivity index (χ0n) is 28.4. The summed E-state index contributed by atoms with van der Waals surface area (Å²) in [6.45, 7) is 3.24. The van der Waals surface area contributed by atoms with Gasteiger partial charge in [0.2, 0.25) is 11.8 Å². The number of carbonyl (C=O) groups is 3. The third-order valence-corrected chi connectivity index (χ3v) is 14.2. The number of hydrogen-bond donors (Lipinski definition) is 2. The van der Waals surface area contributed by atoms with Crippen LogP contribution in [0.15, 0.2) is 24.3 Å². The van der Waals surface area contributed by atoms with Crippen LogP contribution in [-0.4, -0.2) is 123 Å². The molecule has 12 nitrogen and oxygen atoms in total. The highest BCUT2D eigenvalue weighted by Gasteiger charge is 2.91. The largest absolute Gasteiger partial charge is 0.461 e. The second-order valence-corrected chi connectivity index (χ2v) is 15.4. The van der Waals surface area contributed by atoms with Crippen molar-refractivity contribution in [1.82, 2.24) is 4.90 Å². The van der Waals surface area contributed by atoms with Gasteiger partial charge in [0.1, 0.15) is 11.2 Å². The first-order chi connectivity index (χ1) is 23.0. The molecule has 2 N–H and O–H groups in total. The number of ether oxygens (including phenoxy) is 5. The van der Waals surface area contributed by atoms with Gasteiger partial charge in [-0.15, -0.1) is 0 Å². The molecule has 1 spiro atoms. The highest BCUT2D eigenvalue weighted by Crippen LogP contribution is 2.80. The van der Waals surface area contributed by atoms with E-state index in [1.807, 2.05) is 0 Å². The van der Waals surface area contributed by atoms with Crippen molar-refractivity contribution < 1.29 is 48.3 Å². The molecule has 5 saturated carbocycles. The summed E-state index contributed by atoms with van der Waals surface area (Å²) in [6.07, 6.45) is 0.951. The summed E-state index contributed by atoms with van der Waals surface area (Å²) in [4.78, 5) is 42.6. The molecule has 1 aromatic rings. The lowest BCUT2D eigenvalue weighted by molar-refractivity contribution is -0.320. The van der Waals surface area contributed by atoms with Gasteiger partial charge in [0.25, 0.3) is 0 Å². The maximum atomic E-state index is 14.0. The molecule has 2 heterocycles. The highest BCUT2D eigenvalue weighted by atomic mass is 16.5. The number of methoxy groups -OCH3 is 4. The Morgan fingerprint density at radius 1 is 1.00 bits per heavy atom. The number of likely N-dealkylation sites (N-methyl/N-ethyl adjacent to an activating group) is 1. The Morgan fingerprint density at radius 2 is 1.73 bits per heavy atom. The van der Waals surface area contributed by atoms with Crippen molar-refractivity contribution in [3.05, 3.63) is 29.8 Å². The van der Waals surface area contributed by atoms with Gasteiger partial charge in [0.15, 0.2) is 0 Å². The van der Waals surface area contributed by atoms with Crippen LogP contribution in [0.2, 0.25) is 0 Å². The molecule has 7 bridgehead atoms. The van der Waals surface area contributed by atoms with Gasteiger partial charge in [-0.05, 0) is 43.9 Å². The van der Waals surface area contributed by atoms with E-state index in [4.69, 9.17) is 23.7 Å². The normalized spacial score (nSPS) is 47.1. The van der Waals surface area contributed by atoms with Crippen LogP contribution in [0.3, 0.4) is 0 Å². The molecule has 2 amide bonds. The number of para-hydroxylation sites is 1. The fourth-order valence-corrected chi connectivity index (χ4v) is 13.0. The van der Waals surface area contributed by atoms with E-state index in [1.165, 1.54) is 0 Å². The quantitative estimate of drug-likeness (QED) is 0.294. The van der Waals surface area contributed by atoms with E-state index in [2.05, 4.69) is 11.8 Å². The SMILES string of the molecule is CCN1C[C@]2(COC(=O)c3ccccc3N3C(=O)CCC3=O)CC[C@H](OC)[C@@]34[C@@H]5C[C@H]6[C@H](OC)[C@@H]5[C@](O)(C[C@@H]6OC)[C@@](O)([C@@H](OC)[C@H]23)[C@@H]14. The number of aliphatic hydroxyl groups is 2. The fourth-order valence-electron chi connectivity index (χ4n) is 13.0. The van der Waals surface area contributed by atoms with E-state index in [9.17, 15) is 24.6 Å². The van der Waals surface area contributed by atoms with Crippen molar-refractivity contribution in [3.8, 4) is 0 Å². The third kappa shape index (κ3) is 3.67. The number of rotatable bonds is 9. The predicted molar refractivity (Wildman–Crippen MR) is 170 cm³/mol. The fraction of sp³-hybridized carbons (Fsp3) is 0.750. The Labute approximate surface area is 280 Å². The number of anilines is 1. The standard InChI is InChI=1S/C36H48N2O10/c1-6-37-17-33(18-48-31(41)19-9-7-8-10-22(19)38-25(39)11-12-26(38)40)14-13-24(45-3)35-21-15-20-23(44-2)16-34(42,27(21)28(20)46-4)36(43,32(35)37)30(47-5)29(33)35/h7-10,20-21,23-24,27-30,32,42-43H,6,11-18H2,1-5H3/t20-,21-,23+,24+,27-,28+,29-,30+,32+,33+,34-,35+,36-/m1/s1. The number of imide groups is 1. The summed E-state index contributed by atoms with van der Waals surface area (Å²) in [5.74, 6) is -2.00. The van der Waals surface area contributed by atoms with Crippen molar-refractivity contribution >= 4 is 23.5 Å². The Morgan fingerprint density at radius 3 is 2.38 bits per heavy atom. The van der Waals surface area contributed by atoms with Gasteiger partial charge in [-0.3, -0.25) is 14.5 Å². The predicted octanol–water partition coefficient (Wildman–Crippen LogP) is 1.79. The van der Waals surface area contributed by atoms with Crippen LogP contribution in [0.25, 0.3) is 0 Å². The molecule has 5 aliphatic carbocycles. The number of fused-ring (bicyclic) bond motifs is 2. The van der Waals surface area contributed by atoms with E-state index in [1.54, 1.807) is 52.7 Å². The molecule has 7 fully saturated rings. The lowest BCUT2D eigenvalue weighted by Gasteiger charge is -2.70. The molecule has 0 unspecified atom stereocenters. The van der Waals surface area contributed by atoms with Crippen molar-refractivity contribution in [2.75, 3.05) is 53.0 Å². The van der Waals surface area contributed by atoms with Crippen molar-refractivity contribution in [3.63, 3.8) is 0 Å². The minimum Gasteiger partial charge on any atom is -0.461 e. The Balaban J connectivity index is 1.24. The molecular weight excluding hydrogens is 620 g/mol. The highest BCUT2D eigenvalue weighted by molar-refractivity contribution is 6.21. The molecule has 13 atom stereocenters. The summed E-state index contributed by atoms with van der Waals surface area (Å²) in [5, 5.41) is 26.5. The monoisotopic (exact) mass is 668 g/mol. The van der Waals surface area contributed by atoms with E-state index in [-0.39, 0.29) is 90.9 Å². The Kier molecular flexibility index (Phi) is 7.52. The van der Waals surface area contributed by atoms with Gasteiger partial charge in [0.05, 0.1) is 48.3 Å². The number of amides is 2. The van der Waals surface area contributed by atoms with Crippen LogP contribution in [0, 0.1) is 34.5 Å². The van der Waals surface area contributed by atoms with E-state index < -0.39 is 40.1 Å². The number of piperidine rings is 1. The first kappa shape index (κ1) is 32.7. The summed E-state index contributed by atoms with van der Waals surface area (Å²) < 4.78 is 31.3. The minimum absolute atomic E-state index is 0.0394. The molecule has 7 aliphatic rings. The van der Waals surface area contributed by atoms with Crippen LogP contribution in [0.4, 0.5) is 5.69 Å². The van der Waals surface area contributed by atoms with Gasteiger partial charge in [-0.1, -0.05) is 19.1 Å². The molecule has 0 radical (unpaired) electrons. The lowest BCUT2D eigenvalue weighted by Crippen LogP contribution is -2.82. The van der Waals surface area contributed by atoms with Crippen LogP contribution in [-0.2, 0) is 33.3 Å². The number of carbonyl (C=O) groups excluding carboxylic acids is 3. The molecule has 2 aliphatic heterocycles. The maximum absolute atomic E-state index is 14.0. The summed E-state index contributed by atoms with van der Waals surface area (Å²) >= 11 is 0. The van der Waals surface area contributed by atoms with Gasteiger partial charge in [-0.25, -0.2) is 9.69 Å². The molecule has 48 heavy (non-hydrogen) atoms. The smallest absolute Gasteiger partial charge is 0.340 e. The van der Waals surface area contributed by atoms with Crippen LogP contribution >= 0.6 is 0 Å². The van der Waals surface area contributed by atoms with Crippen LogP contribution < -0.4 is 4.90 Å². The second-order valence-electron chi connectivity index (χ2n) is 15.4. The Bertz CT molecular complexity index is 1510. The average molecular weight is 669 g/mol. The van der Waals surface area contributed by atoms with E-state index in [0.717, 1.165) is 11.3 Å². The third-order valence-electron chi connectivity index (χ3n) is 14.2. The average Bonchev–Trinajstić information content (AvgIpc) is 3.66. The molecule has 2 saturated heterocycles. The van der Waals surface area contributed by atoms with E-state index in [0.29, 0.717) is 25.9 Å². The van der Waals surface area contributed by atoms with Gasteiger partial charge < -0.3 is 33.9 Å². The second kappa shape index (κ2) is 11.0. The first-order valence-corrected chi connectivity index (χ1v) is 17.5. The summed E-state index contributed by atoms with van der Waals surface area (Å²) in [5.41, 5.74) is -4.15. The number of hydrogen-bond acceptors (Lipinski definition) is 11. The number of esters is 1. The number of likely N-dealkylation sites (tertiary alicyclic amines) is 1. The van der Waals surface area contributed by atoms with Gasteiger partial charge in [0, 0.05) is 82.8 Å². The lowest BCUT2D eigenvalue weighted by atomic mass is 9.42. The molecule has 12 heteroatoms. The number of benzene rings is 1. The molecule has 262 valence electrons. The zero-order valence-corrected chi connectivity index (χ0v) is 28.4. The summed E-state index contributed by atoms with van der Waals surface area (Å²) in [6, 6.07) is 6.11. The molecular formula is C36H48N2O10. The zero-order chi connectivity index (χ0) is 34.0. The van der Waals surface area contributed by atoms with Crippen molar-refractivity contribution in [2.45, 2.75) is 87.1 Å². The van der Waals surface area contributed by atoms with Gasteiger partial charge in [-0.2, -0.15) is 0 Å². The van der Waals surface area contributed by atoms with Gasteiger partial charge >= 0.3 is 5.97 Å². The maximum Gasteiger partial charge on any atom is 0.340 e. The molecule has 0 aromatic heterocycles. The van der Waals surface area contributed by atoms with Crippen molar-refractivity contribution in [2.24, 2.45) is 34.5 Å². The van der Waals surface area contributed by atoms with E-state index >= 15 is 0 Å². The molecule has 1 aromatic carbocycles. The molecule has 8 rings (SSSR count). The first-order valence-electron chi connectivity index (χ1n) is 17.5. The van der Waals surface area contributed by atoms with Crippen LogP contribution in [0.1, 0.15) is 55.8 Å². The summed E-state index contributed by atoms with van der Waals surface area (Å²) in [7, 11) is 6.70. The topological polar surface area (TPSA) is 144 Å². The minimum atomic E-state index is -1.69.